The summed E-state index contributed by atoms with van der Waals surface area (Å²) in [7, 11) is 0. The molecular weight excluding hydrogens is 318 g/mol. The van der Waals surface area contributed by atoms with Gasteiger partial charge in [-0.05, 0) is 17.2 Å². The molecule has 1 N–H and O–H groups in total. The number of quaternary nitrogens is 1. The molecule has 0 bridgehead atoms. The Balaban J connectivity index is 1.80. The van der Waals surface area contributed by atoms with Gasteiger partial charge in [-0.25, -0.2) is 4.79 Å². The van der Waals surface area contributed by atoms with Crippen LogP contribution in [-0.4, -0.2) is 26.3 Å². The van der Waals surface area contributed by atoms with Gasteiger partial charge in [0.15, 0.2) is 0 Å². The van der Waals surface area contributed by atoms with Crippen molar-refractivity contribution in [1.29, 1.82) is 0 Å². The highest BCUT2D eigenvalue weighted by molar-refractivity contribution is 5.88. The first kappa shape index (κ1) is 15.9. The zero-order valence-electron chi connectivity index (χ0n) is 13.8. The van der Waals surface area contributed by atoms with Crippen LogP contribution in [0.15, 0.2) is 57.7 Å². The number of hydrogen-bond acceptors (Lipinski definition) is 4. The van der Waals surface area contributed by atoms with Crippen LogP contribution in [0.5, 0.6) is 5.75 Å². The van der Waals surface area contributed by atoms with Crippen LogP contribution in [0.2, 0.25) is 0 Å². The van der Waals surface area contributed by atoms with Crippen LogP contribution in [0.4, 0.5) is 0 Å². The summed E-state index contributed by atoms with van der Waals surface area (Å²) in [5, 5.41) is 13.3. The Morgan fingerprint density at radius 1 is 1.04 bits per heavy atom. The van der Waals surface area contributed by atoms with E-state index in [-0.39, 0.29) is 11.4 Å². The van der Waals surface area contributed by atoms with Crippen molar-refractivity contribution in [3.8, 4) is 16.9 Å². The van der Waals surface area contributed by atoms with Gasteiger partial charge in [-0.1, -0.05) is 36.4 Å². The van der Waals surface area contributed by atoms with Gasteiger partial charge in [0.05, 0.1) is 13.2 Å². The third-order valence-corrected chi connectivity index (χ3v) is 4.66. The van der Waals surface area contributed by atoms with Gasteiger partial charge in [-0.15, -0.1) is 5.75 Å². The minimum atomic E-state index is -0.382. The molecule has 2 aromatic carbocycles. The molecular formula is C20H19NO4. The maximum atomic E-state index is 12.6. The molecule has 0 spiro atoms. The largest absolute Gasteiger partial charge is 0.872 e. The van der Waals surface area contributed by atoms with E-state index in [2.05, 4.69) is 0 Å². The molecule has 0 unspecified atom stereocenters. The highest BCUT2D eigenvalue weighted by atomic mass is 16.5. The summed E-state index contributed by atoms with van der Waals surface area (Å²) in [4.78, 5) is 13.3. The van der Waals surface area contributed by atoms with Gasteiger partial charge in [0.2, 0.25) is 0 Å². The van der Waals surface area contributed by atoms with Crippen molar-refractivity contribution in [3.05, 3.63) is 64.5 Å². The fourth-order valence-corrected chi connectivity index (χ4v) is 3.35. The molecule has 5 nitrogen and oxygen atoms in total. The van der Waals surface area contributed by atoms with Crippen LogP contribution in [0, 0.1) is 0 Å². The molecule has 1 aliphatic rings. The van der Waals surface area contributed by atoms with E-state index in [0.29, 0.717) is 17.7 Å². The van der Waals surface area contributed by atoms with Crippen molar-refractivity contribution in [2.45, 2.75) is 6.54 Å². The number of nitrogens with one attached hydrogen (secondary N) is 1. The van der Waals surface area contributed by atoms with Crippen LogP contribution < -0.4 is 15.6 Å². The van der Waals surface area contributed by atoms with E-state index in [9.17, 15) is 9.90 Å². The molecule has 1 aliphatic heterocycles. The molecule has 5 heteroatoms. The van der Waals surface area contributed by atoms with E-state index < -0.39 is 0 Å². The number of morpholine rings is 1. The zero-order chi connectivity index (χ0) is 17.2. The third-order valence-electron chi connectivity index (χ3n) is 4.66. The lowest BCUT2D eigenvalue weighted by Crippen LogP contribution is -3.12. The Bertz CT molecular complexity index is 943. The average molecular weight is 337 g/mol. The summed E-state index contributed by atoms with van der Waals surface area (Å²) in [5.41, 5.74) is 2.31. The lowest BCUT2D eigenvalue weighted by atomic mass is 10.0. The second-order valence-corrected chi connectivity index (χ2v) is 6.34. The lowest BCUT2D eigenvalue weighted by Gasteiger charge is -2.24. The summed E-state index contributed by atoms with van der Waals surface area (Å²) < 4.78 is 10.8. The second-order valence-electron chi connectivity index (χ2n) is 6.34. The predicted octanol–water partition coefficient (Wildman–Crippen LogP) is 0.949. The van der Waals surface area contributed by atoms with Gasteiger partial charge in [-0.3, -0.25) is 0 Å². The zero-order valence-corrected chi connectivity index (χ0v) is 13.8. The van der Waals surface area contributed by atoms with Crippen molar-refractivity contribution in [1.82, 2.24) is 0 Å². The second kappa shape index (κ2) is 6.70. The van der Waals surface area contributed by atoms with E-state index >= 15 is 0 Å². The highest BCUT2D eigenvalue weighted by Gasteiger charge is 2.17. The third kappa shape index (κ3) is 3.29. The number of rotatable bonds is 3. The van der Waals surface area contributed by atoms with Crippen LogP contribution in [0.25, 0.3) is 22.1 Å². The van der Waals surface area contributed by atoms with Gasteiger partial charge >= 0.3 is 5.63 Å². The molecule has 0 aliphatic carbocycles. The molecule has 3 aromatic rings. The standard InChI is InChI=1S/C20H19NO4/c22-18-11-17-15(13-21-6-8-24-9-7-21)10-20(23)25-19(17)12-16(18)14-4-2-1-3-5-14/h1-5,10-12,22H,6-9,13H2. The van der Waals surface area contributed by atoms with Crippen molar-refractivity contribution in [2.75, 3.05) is 26.3 Å². The smallest absolute Gasteiger partial charge is 0.336 e. The molecule has 1 saturated heterocycles. The van der Waals surface area contributed by atoms with Crippen LogP contribution in [0.3, 0.4) is 0 Å². The van der Waals surface area contributed by atoms with Gasteiger partial charge in [0.1, 0.15) is 25.2 Å². The molecule has 0 amide bonds. The van der Waals surface area contributed by atoms with Crippen molar-refractivity contribution >= 4 is 11.0 Å². The molecule has 2 heterocycles. The molecule has 25 heavy (non-hydrogen) atoms. The monoisotopic (exact) mass is 337 g/mol. The maximum Gasteiger partial charge on any atom is 0.336 e. The number of benzene rings is 2. The molecule has 128 valence electrons. The van der Waals surface area contributed by atoms with Crippen LogP contribution in [0.1, 0.15) is 5.56 Å². The Hall–Kier alpha value is -2.63. The fraction of sp³-hybridized carbons (Fsp3) is 0.250. The topological polar surface area (TPSA) is 66.9 Å². The maximum absolute atomic E-state index is 12.6. The van der Waals surface area contributed by atoms with Crippen LogP contribution in [-0.2, 0) is 11.3 Å². The van der Waals surface area contributed by atoms with E-state index in [4.69, 9.17) is 9.15 Å². The lowest BCUT2D eigenvalue weighted by molar-refractivity contribution is -0.921. The SMILES string of the molecule is O=c1cc(C[NH+]2CCOCC2)c2cc([O-])c(-c3ccccc3)cc2o1. The molecule has 0 radical (unpaired) electrons. The summed E-state index contributed by atoms with van der Waals surface area (Å²) in [6, 6.07) is 14.2. The Morgan fingerprint density at radius 2 is 1.80 bits per heavy atom. The summed E-state index contributed by atoms with van der Waals surface area (Å²) in [5.74, 6) is -0.0641. The van der Waals surface area contributed by atoms with E-state index in [1.807, 2.05) is 30.3 Å². The Morgan fingerprint density at radius 3 is 2.56 bits per heavy atom. The summed E-state index contributed by atoms with van der Waals surface area (Å²) in [6.07, 6.45) is 0. The van der Waals surface area contributed by atoms with Gasteiger partial charge in [-0.2, -0.15) is 0 Å². The van der Waals surface area contributed by atoms with E-state index in [1.165, 1.54) is 11.0 Å². The first-order chi connectivity index (χ1) is 12.2. The normalized spacial score (nSPS) is 15.5. The molecule has 0 atom stereocenters. The highest BCUT2D eigenvalue weighted by Crippen LogP contribution is 2.32. The predicted molar refractivity (Wildman–Crippen MR) is 92.6 cm³/mol. The fourth-order valence-electron chi connectivity index (χ4n) is 3.35. The van der Waals surface area contributed by atoms with E-state index in [0.717, 1.165) is 42.8 Å². The van der Waals surface area contributed by atoms with E-state index in [1.54, 1.807) is 12.1 Å². The molecule has 0 saturated carbocycles. The van der Waals surface area contributed by atoms with Gasteiger partial charge < -0.3 is 19.2 Å². The Labute approximate surface area is 145 Å². The van der Waals surface area contributed by atoms with Crippen molar-refractivity contribution in [3.63, 3.8) is 0 Å². The van der Waals surface area contributed by atoms with Crippen molar-refractivity contribution in [2.24, 2.45) is 0 Å². The van der Waals surface area contributed by atoms with Gasteiger partial charge in [0, 0.05) is 17.0 Å². The van der Waals surface area contributed by atoms with Crippen molar-refractivity contribution < 1.29 is 19.2 Å². The van der Waals surface area contributed by atoms with Crippen LogP contribution >= 0.6 is 0 Å². The minimum Gasteiger partial charge on any atom is -0.872 e. The average Bonchev–Trinajstić information content (AvgIpc) is 2.63. The first-order valence-corrected chi connectivity index (χ1v) is 8.45. The first-order valence-electron chi connectivity index (χ1n) is 8.45. The minimum absolute atomic E-state index is 0.0641. The summed E-state index contributed by atoms with van der Waals surface area (Å²) in [6.45, 7) is 3.93. The quantitative estimate of drug-likeness (QED) is 0.723. The molecule has 1 fully saturated rings. The molecule has 4 rings (SSSR count). The Kier molecular flexibility index (Phi) is 4.26. The number of fused-ring (bicyclic) bond motifs is 1. The van der Waals surface area contributed by atoms with Gasteiger partial charge in [0.25, 0.3) is 0 Å². The molecule has 1 aromatic heterocycles. The summed E-state index contributed by atoms with van der Waals surface area (Å²) >= 11 is 0. The number of ether oxygens (including phenoxy) is 1. The number of hydrogen-bond donors (Lipinski definition) is 1.